The van der Waals surface area contributed by atoms with Crippen molar-refractivity contribution in [2.24, 2.45) is 0 Å². The topological polar surface area (TPSA) is 71.3 Å². The number of rotatable bonds is 2. The monoisotopic (exact) mass is 362 g/mol. The molecule has 3 rings (SSSR count). The zero-order chi connectivity index (χ0) is 16.4. The van der Waals surface area contributed by atoms with Gasteiger partial charge in [0.15, 0.2) is 0 Å². The number of piperazine rings is 1. The van der Waals surface area contributed by atoms with E-state index < -0.39 is 12.1 Å². The van der Waals surface area contributed by atoms with Crippen LogP contribution in [-0.2, 0) is 6.18 Å². The Balaban J connectivity index is 0.00000208. The molecule has 0 atom stereocenters. The lowest BCUT2D eigenvalue weighted by molar-refractivity contribution is -0.159. The molecule has 0 radical (unpaired) electrons. The molecule has 0 bridgehead atoms. The second-order valence-corrected chi connectivity index (χ2v) is 5.04. The van der Waals surface area contributed by atoms with Crippen LogP contribution < -0.4 is 5.32 Å². The fourth-order valence-corrected chi connectivity index (χ4v) is 2.27. The maximum atomic E-state index is 12.4. The predicted octanol–water partition coefficient (Wildman–Crippen LogP) is 2.22. The first kappa shape index (κ1) is 18.2. The van der Waals surface area contributed by atoms with E-state index in [0.29, 0.717) is 24.2 Å². The molecule has 1 aliphatic rings. The van der Waals surface area contributed by atoms with Crippen LogP contribution in [0.2, 0.25) is 0 Å². The molecule has 2 aromatic rings. The average molecular weight is 363 g/mol. The number of aromatic nitrogens is 2. The van der Waals surface area contributed by atoms with Gasteiger partial charge < -0.3 is 14.7 Å². The SMILES string of the molecule is Cl.O=C(c1ccc(-c2noc(C(F)(F)F)n2)cc1)N1CCNCC1. The van der Waals surface area contributed by atoms with E-state index in [2.05, 4.69) is 20.0 Å². The molecule has 0 saturated carbocycles. The third-order valence-electron chi connectivity index (χ3n) is 3.46. The smallest absolute Gasteiger partial charge is 0.336 e. The molecule has 0 spiro atoms. The van der Waals surface area contributed by atoms with Crippen LogP contribution in [0.25, 0.3) is 11.4 Å². The molecular formula is C14H14ClF3N4O2. The van der Waals surface area contributed by atoms with Crippen molar-refractivity contribution in [3.05, 3.63) is 35.7 Å². The highest BCUT2D eigenvalue weighted by molar-refractivity contribution is 5.94. The summed E-state index contributed by atoms with van der Waals surface area (Å²) >= 11 is 0. The number of alkyl halides is 3. The highest BCUT2D eigenvalue weighted by Crippen LogP contribution is 2.29. The van der Waals surface area contributed by atoms with Crippen LogP contribution in [0.5, 0.6) is 0 Å². The standard InChI is InChI=1S/C14H13F3N4O2.ClH/c15-14(16,17)13-19-11(20-23-13)9-1-3-10(4-2-9)12(22)21-7-5-18-6-8-21;/h1-4,18H,5-8H2;1H. The largest absolute Gasteiger partial charge is 0.471 e. The van der Waals surface area contributed by atoms with Gasteiger partial charge in [-0.15, -0.1) is 12.4 Å². The van der Waals surface area contributed by atoms with Gasteiger partial charge >= 0.3 is 12.1 Å². The van der Waals surface area contributed by atoms with Gasteiger partial charge in [0.25, 0.3) is 5.91 Å². The minimum atomic E-state index is -4.68. The number of carbonyl (C=O) groups excluding carboxylic acids is 1. The Bertz CT molecular complexity index is 697. The van der Waals surface area contributed by atoms with Gasteiger partial charge in [-0.3, -0.25) is 4.79 Å². The van der Waals surface area contributed by atoms with Gasteiger partial charge in [0.1, 0.15) is 0 Å². The van der Waals surface area contributed by atoms with E-state index >= 15 is 0 Å². The first-order chi connectivity index (χ1) is 10.9. The van der Waals surface area contributed by atoms with E-state index in [1.54, 1.807) is 17.0 Å². The molecule has 1 amide bonds. The van der Waals surface area contributed by atoms with Crippen LogP contribution in [0.3, 0.4) is 0 Å². The number of nitrogens with zero attached hydrogens (tertiary/aromatic N) is 3. The van der Waals surface area contributed by atoms with E-state index in [-0.39, 0.29) is 24.1 Å². The Labute approximate surface area is 141 Å². The minimum absolute atomic E-state index is 0. The summed E-state index contributed by atoms with van der Waals surface area (Å²) in [6.07, 6.45) is -4.68. The fourth-order valence-electron chi connectivity index (χ4n) is 2.27. The highest BCUT2D eigenvalue weighted by atomic mass is 35.5. The van der Waals surface area contributed by atoms with E-state index in [1.807, 2.05) is 0 Å². The molecular weight excluding hydrogens is 349 g/mol. The van der Waals surface area contributed by atoms with Crippen molar-refractivity contribution in [1.29, 1.82) is 0 Å². The number of amides is 1. The van der Waals surface area contributed by atoms with E-state index in [4.69, 9.17) is 0 Å². The number of halogens is 4. The van der Waals surface area contributed by atoms with Gasteiger partial charge in [-0.1, -0.05) is 17.3 Å². The number of nitrogens with one attached hydrogen (secondary N) is 1. The summed E-state index contributed by atoms with van der Waals surface area (Å²) in [6.45, 7) is 2.74. The maximum absolute atomic E-state index is 12.4. The lowest BCUT2D eigenvalue weighted by atomic mass is 10.1. The first-order valence-electron chi connectivity index (χ1n) is 6.96. The number of benzene rings is 1. The number of hydrogen-bond donors (Lipinski definition) is 1. The third-order valence-corrected chi connectivity index (χ3v) is 3.46. The molecule has 1 aromatic carbocycles. The second-order valence-electron chi connectivity index (χ2n) is 5.04. The van der Waals surface area contributed by atoms with Crippen LogP contribution in [0.1, 0.15) is 16.2 Å². The van der Waals surface area contributed by atoms with Crippen molar-refractivity contribution in [2.45, 2.75) is 6.18 Å². The van der Waals surface area contributed by atoms with E-state index in [0.717, 1.165) is 13.1 Å². The van der Waals surface area contributed by atoms with E-state index in [1.165, 1.54) is 12.1 Å². The quantitative estimate of drug-likeness (QED) is 0.887. The summed E-state index contributed by atoms with van der Waals surface area (Å²) in [7, 11) is 0. The van der Waals surface area contributed by atoms with Crippen molar-refractivity contribution < 1.29 is 22.5 Å². The first-order valence-corrected chi connectivity index (χ1v) is 6.96. The summed E-state index contributed by atoms with van der Waals surface area (Å²) in [6, 6.07) is 6.09. The highest BCUT2D eigenvalue weighted by Gasteiger charge is 2.38. The van der Waals surface area contributed by atoms with Crippen molar-refractivity contribution in [2.75, 3.05) is 26.2 Å². The molecule has 1 fully saturated rings. The molecule has 1 saturated heterocycles. The molecule has 0 unspecified atom stereocenters. The fraction of sp³-hybridized carbons (Fsp3) is 0.357. The van der Waals surface area contributed by atoms with Gasteiger partial charge in [-0.05, 0) is 12.1 Å². The molecule has 24 heavy (non-hydrogen) atoms. The third kappa shape index (κ3) is 3.85. The summed E-state index contributed by atoms with van der Waals surface area (Å²) in [5, 5.41) is 6.46. The van der Waals surface area contributed by atoms with Gasteiger partial charge in [0, 0.05) is 37.3 Å². The lowest BCUT2D eigenvalue weighted by Crippen LogP contribution is -2.46. The van der Waals surface area contributed by atoms with Crippen LogP contribution in [-0.4, -0.2) is 47.1 Å². The molecule has 0 aliphatic carbocycles. The van der Waals surface area contributed by atoms with Crippen LogP contribution in [0, 0.1) is 0 Å². The Morgan fingerprint density at radius 2 is 1.79 bits per heavy atom. The Morgan fingerprint density at radius 1 is 1.17 bits per heavy atom. The summed E-state index contributed by atoms with van der Waals surface area (Å²) in [4.78, 5) is 17.3. The summed E-state index contributed by atoms with van der Waals surface area (Å²) < 4.78 is 41.5. The Morgan fingerprint density at radius 3 is 2.33 bits per heavy atom. The molecule has 1 aliphatic heterocycles. The van der Waals surface area contributed by atoms with E-state index in [9.17, 15) is 18.0 Å². The average Bonchev–Trinajstić information content (AvgIpc) is 3.05. The van der Waals surface area contributed by atoms with Gasteiger partial charge in [0.05, 0.1) is 0 Å². The van der Waals surface area contributed by atoms with Gasteiger partial charge in [0.2, 0.25) is 5.82 Å². The molecule has 6 nitrogen and oxygen atoms in total. The predicted molar refractivity (Wildman–Crippen MR) is 80.8 cm³/mol. The Hall–Kier alpha value is -2.13. The Kier molecular flexibility index (Phi) is 5.45. The van der Waals surface area contributed by atoms with Crippen molar-refractivity contribution >= 4 is 18.3 Å². The molecule has 130 valence electrons. The van der Waals surface area contributed by atoms with Crippen molar-refractivity contribution in [3.63, 3.8) is 0 Å². The van der Waals surface area contributed by atoms with Gasteiger partial charge in [-0.25, -0.2) is 0 Å². The van der Waals surface area contributed by atoms with Crippen molar-refractivity contribution in [3.8, 4) is 11.4 Å². The second kappa shape index (κ2) is 7.18. The normalized spacial score (nSPS) is 15.0. The van der Waals surface area contributed by atoms with Crippen LogP contribution in [0.15, 0.2) is 28.8 Å². The summed E-state index contributed by atoms with van der Waals surface area (Å²) in [5.74, 6) is -1.67. The van der Waals surface area contributed by atoms with Gasteiger partial charge in [-0.2, -0.15) is 18.2 Å². The molecule has 10 heteroatoms. The number of hydrogen-bond acceptors (Lipinski definition) is 5. The summed E-state index contributed by atoms with van der Waals surface area (Å²) in [5.41, 5.74) is 0.816. The van der Waals surface area contributed by atoms with Crippen LogP contribution in [0.4, 0.5) is 13.2 Å². The lowest BCUT2D eigenvalue weighted by Gasteiger charge is -2.27. The molecule has 1 N–H and O–H groups in total. The van der Waals surface area contributed by atoms with Crippen molar-refractivity contribution in [1.82, 2.24) is 20.4 Å². The zero-order valence-electron chi connectivity index (χ0n) is 12.3. The zero-order valence-corrected chi connectivity index (χ0v) is 13.2. The maximum Gasteiger partial charge on any atom is 0.471 e. The molecule has 2 heterocycles. The molecule has 1 aromatic heterocycles. The number of carbonyl (C=O) groups is 1. The van der Waals surface area contributed by atoms with Crippen LogP contribution >= 0.6 is 12.4 Å². The minimum Gasteiger partial charge on any atom is -0.336 e.